The fraction of sp³-hybridized carbons (Fsp3) is 0.424. The van der Waals surface area contributed by atoms with E-state index in [0.29, 0.717) is 35.2 Å². The molecule has 0 bridgehead atoms. The van der Waals surface area contributed by atoms with E-state index in [4.69, 9.17) is 42.6 Å². The lowest BCUT2D eigenvalue weighted by Gasteiger charge is -2.31. The first-order chi connectivity index (χ1) is 22.3. The minimum absolute atomic E-state index is 0.000582. The number of carbonyl (C=O) groups is 1. The molecule has 2 aromatic heterocycles. The lowest BCUT2D eigenvalue weighted by molar-refractivity contribution is -0.191. The molecule has 4 aromatic rings. The Balaban J connectivity index is 1.33. The molecule has 47 heavy (non-hydrogen) atoms. The van der Waals surface area contributed by atoms with Gasteiger partial charge in [0, 0.05) is 28.5 Å². The van der Waals surface area contributed by atoms with Crippen molar-refractivity contribution in [2.24, 2.45) is 17.4 Å². The van der Waals surface area contributed by atoms with Crippen LogP contribution in [0.2, 0.25) is 5.02 Å². The van der Waals surface area contributed by atoms with Gasteiger partial charge in [0.05, 0.1) is 28.6 Å². The summed E-state index contributed by atoms with van der Waals surface area (Å²) < 4.78 is 71.2. The van der Waals surface area contributed by atoms with Gasteiger partial charge in [-0.3, -0.25) is 9.48 Å². The number of ether oxygens (including phenoxy) is 2. The van der Waals surface area contributed by atoms with Crippen molar-refractivity contribution in [2.75, 3.05) is 6.61 Å². The molecule has 0 radical (unpaired) electrons. The van der Waals surface area contributed by atoms with Crippen LogP contribution < -0.4 is 20.9 Å². The summed E-state index contributed by atoms with van der Waals surface area (Å²) in [5.74, 6) is -1.55. The number of rotatable bonds is 9. The predicted molar refractivity (Wildman–Crippen MR) is 163 cm³/mol. The number of aromatic nitrogens is 3. The van der Waals surface area contributed by atoms with Crippen molar-refractivity contribution in [1.29, 1.82) is 0 Å². The Kier molecular flexibility index (Phi) is 6.65. The molecule has 9 nitrogen and oxygen atoms in total. The van der Waals surface area contributed by atoms with Crippen LogP contribution in [-0.2, 0) is 17.6 Å². The fourth-order valence-corrected chi connectivity index (χ4v) is 6.63. The van der Waals surface area contributed by atoms with Crippen LogP contribution in [0.5, 0.6) is 11.5 Å². The first-order valence-electron chi connectivity index (χ1n) is 15.5. The van der Waals surface area contributed by atoms with Gasteiger partial charge in [-0.25, -0.2) is 9.37 Å². The second-order valence-corrected chi connectivity index (χ2v) is 13.6. The number of hydrogen-bond acceptors (Lipinski definition) is 7. The highest BCUT2D eigenvalue weighted by Gasteiger charge is 2.60. The number of halogens is 5. The smallest absolute Gasteiger partial charge is 0.414 e. The Morgan fingerprint density at radius 2 is 1.87 bits per heavy atom. The summed E-state index contributed by atoms with van der Waals surface area (Å²) in [6.07, 6.45) is -0.383. The molecule has 14 heteroatoms. The van der Waals surface area contributed by atoms with Gasteiger partial charge in [-0.1, -0.05) is 11.6 Å². The second kappa shape index (κ2) is 10.3. The summed E-state index contributed by atoms with van der Waals surface area (Å²) in [6, 6.07) is 8.07. The zero-order chi connectivity index (χ0) is 33.0. The number of aliphatic hydroxyl groups is 1. The lowest BCUT2D eigenvalue weighted by Crippen LogP contribution is -2.52. The van der Waals surface area contributed by atoms with Crippen LogP contribution in [0.15, 0.2) is 36.4 Å². The van der Waals surface area contributed by atoms with E-state index in [-0.39, 0.29) is 63.3 Å². The van der Waals surface area contributed by atoms with E-state index in [1.54, 1.807) is 12.1 Å². The summed E-state index contributed by atoms with van der Waals surface area (Å²) >= 11 is 6.07. The van der Waals surface area contributed by atoms with E-state index in [1.165, 1.54) is 18.2 Å². The van der Waals surface area contributed by atoms with Gasteiger partial charge in [0.1, 0.15) is 35.0 Å². The molecule has 3 fully saturated rings. The third-order valence-corrected chi connectivity index (χ3v) is 9.88. The van der Waals surface area contributed by atoms with Crippen molar-refractivity contribution in [1.82, 2.24) is 14.8 Å². The van der Waals surface area contributed by atoms with Crippen molar-refractivity contribution in [3.63, 3.8) is 0 Å². The van der Waals surface area contributed by atoms with Crippen LogP contribution in [0.3, 0.4) is 0 Å². The Morgan fingerprint density at radius 1 is 1.13 bits per heavy atom. The van der Waals surface area contributed by atoms with Crippen LogP contribution >= 0.6 is 11.6 Å². The summed E-state index contributed by atoms with van der Waals surface area (Å²) in [4.78, 5) is 17.1. The largest absolute Gasteiger partial charge is 0.488 e. The minimum atomic E-state index is -4.91. The van der Waals surface area contributed by atoms with Crippen molar-refractivity contribution in [2.45, 2.75) is 74.4 Å². The van der Waals surface area contributed by atoms with Gasteiger partial charge in [0.25, 0.3) is 0 Å². The van der Waals surface area contributed by atoms with Crippen molar-refractivity contribution in [3.8, 4) is 22.8 Å². The molecule has 4 aliphatic rings. The first-order valence-corrected chi connectivity index (χ1v) is 15.9. The average Bonchev–Trinajstić information content (AvgIpc) is 3.89. The predicted octanol–water partition coefficient (Wildman–Crippen LogP) is 5.81. The van der Waals surface area contributed by atoms with Crippen molar-refractivity contribution in [3.05, 3.63) is 69.8 Å². The number of carbonyl (C=O) groups excluding carboxylic acids is 1. The number of primary amides is 1. The highest BCUT2D eigenvalue weighted by atomic mass is 35.5. The topological polar surface area (TPSA) is 139 Å². The minimum Gasteiger partial charge on any atom is -0.488 e. The van der Waals surface area contributed by atoms with Gasteiger partial charge in [0.15, 0.2) is 11.3 Å². The Hall–Kier alpha value is -3.94. The third-order valence-electron chi connectivity index (χ3n) is 9.60. The number of pyridine rings is 1. The summed E-state index contributed by atoms with van der Waals surface area (Å²) in [6.45, 7) is -0.903. The lowest BCUT2D eigenvalue weighted by atomic mass is 9.83. The van der Waals surface area contributed by atoms with Gasteiger partial charge in [-0.05, 0) is 80.8 Å². The zero-order valence-corrected chi connectivity index (χ0v) is 25.7. The Labute approximate surface area is 270 Å². The summed E-state index contributed by atoms with van der Waals surface area (Å²) in [7, 11) is 0. The molecule has 246 valence electrons. The molecule has 5 N–H and O–H groups in total. The van der Waals surface area contributed by atoms with E-state index < -0.39 is 35.6 Å². The number of fused-ring (bicyclic) bond motifs is 2. The molecule has 1 amide bonds. The van der Waals surface area contributed by atoms with Gasteiger partial charge in [-0.2, -0.15) is 18.3 Å². The maximum absolute atomic E-state index is 14.5. The van der Waals surface area contributed by atoms with E-state index in [2.05, 4.69) is 0 Å². The standard InChI is InChI=1S/C33H30ClF4N5O4/c34-22-10-15(1-8-23(22)35)27-29-21(32(40,14-46-29)33(36,37)38)12-26(41-27)31(45,17-2-3-17)13-24-20-9-16(30(39)44)11-25(47-19-6-7-19)28(20)42-43(24)18-4-5-18/h1,8-12,17-19,45H,2-7,13-14,40H2,(H2,39,44)/t31-,32-/m0/s1. The van der Waals surface area contributed by atoms with Crippen LogP contribution in [0.1, 0.15) is 71.9 Å². The molecule has 8 rings (SSSR count). The van der Waals surface area contributed by atoms with Crippen LogP contribution in [0.4, 0.5) is 17.6 Å². The van der Waals surface area contributed by atoms with E-state index in [9.17, 15) is 27.5 Å². The molecule has 0 unspecified atom stereocenters. The summed E-state index contributed by atoms with van der Waals surface area (Å²) in [5, 5.41) is 17.9. The maximum Gasteiger partial charge on any atom is 0.414 e. The van der Waals surface area contributed by atoms with Crippen LogP contribution in [-0.4, -0.2) is 44.7 Å². The van der Waals surface area contributed by atoms with E-state index in [1.807, 2.05) is 4.68 Å². The number of hydrogen-bond donors (Lipinski definition) is 3. The highest BCUT2D eigenvalue weighted by Crippen LogP contribution is 2.54. The average molecular weight is 672 g/mol. The first kappa shape index (κ1) is 30.4. The van der Waals surface area contributed by atoms with Crippen molar-refractivity contribution < 1.29 is 36.9 Å². The molecule has 0 saturated heterocycles. The second-order valence-electron chi connectivity index (χ2n) is 13.2. The molecule has 3 aliphatic carbocycles. The molecule has 2 atom stereocenters. The molecule has 3 heterocycles. The summed E-state index contributed by atoms with van der Waals surface area (Å²) in [5.41, 5.74) is 8.06. The normalized spacial score (nSPS) is 22.2. The van der Waals surface area contributed by atoms with Crippen molar-refractivity contribution >= 4 is 28.4 Å². The van der Waals surface area contributed by atoms with Crippen LogP contribution in [0.25, 0.3) is 22.2 Å². The maximum atomic E-state index is 14.5. The fourth-order valence-electron chi connectivity index (χ4n) is 6.45. The quantitative estimate of drug-likeness (QED) is 0.191. The number of alkyl halides is 3. The SMILES string of the molecule is NC(=O)c1cc(OC2CC2)c2nn(C3CC3)c(C[C@@](O)(c3cc4c(c(-c5ccc(F)c(Cl)c5)n3)OC[C@@]4(N)C(F)(F)F)C3CC3)c2c1. The van der Waals surface area contributed by atoms with Gasteiger partial charge >= 0.3 is 6.18 Å². The number of benzene rings is 2. The third kappa shape index (κ3) is 5.01. The molecule has 3 saturated carbocycles. The monoisotopic (exact) mass is 671 g/mol. The van der Waals surface area contributed by atoms with Crippen LogP contribution in [0, 0.1) is 11.7 Å². The molecular formula is C33H30ClF4N5O4. The number of amides is 1. The number of nitrogens with two attached hydrogens (primary N) is 2. The Morgan fingerprint density at radius 3 is 2.49 bits per heavy atom. The van der Waals surface area contributed by atoms with E-state index in [0.717, 1.165) is 31.7 Å². The molecule has 1 aliphatic heterocycles. The number of nitrogens with zero attached hydrogens (tertiary/aromatic N) is 3. The highest BCUT2D eigenvalue weighted by molar-refractivity contribution is 6.31. The van der Waals surface area contributed by atoms with Gasteiger partial charge < -0.3 is 26.0 Å². The van der Waals surface area contributed by atoms with E-state index >= 15 is 0 Å². The zero-order valence-electron chi connectivity index (χ0n) is 24.9. The Bertz CT molecular complexity index is 1970. The molecule has 2 aromatic carbocycles. The van der Waals surface area contributed by atoms with Gasteiger partial charge in [0.2, 0.25) is 5.91 Å². The van der Waals surface area contributed by atoms with Gasteiger partial charge in [-0.15, -0.1) is 0 Å². The molecule has 0 spiro atoms. The molecular weight excluding hydrogens is 642 g/mol.